The number of rotatable bonds is 15. The van der Waals surface area contributed by atoms with E-state index < -0.39 is 0 Å². The Morgan fingerprint density at radius 3 is 2.36 bits per heavy atom. The fourth-order valence-electron chi connectivity index (χ4n) is 2.65. The summed E-state index contributed by atoms with van der Waals surface area (Å²) in [6.07, 6.45) is 20.6. The molecule has 0 saturated heterocycles. The van der Waals surface area contributed by atoms with Crippen LogP contribution in [-0.4, -0.2) is 13.1 Å². The van der Waals surface area contributed by atoms with Crippen LogP contribution in [0.3, 0.4) is 0 Å². The van der Waals surface area contributed by atoms with E-state index in [2.05, 4.69) is 30.7 Å². The molecule has 0 bridgehead atoms. The molecule has 0 radical (unpaired) electrons. The lowest BCUT2D eigenvalue weighted by molar-refractivity contribution is -0.140. The second-order valence-electron chi connectivity index (χ2n) is 6.54. The second kappa shape index (κ2) is 16.6. The summed E-state index contributed by atoms with van der Waals surface area (Å²) in [7, 11) is 1.46. The van der Waals surface area contributed by atoms with Crippen molar-refractivity contribution in [3.8, 4) is 0 Å². The first-order valence-electron chi connectivity index (χ1n) is 9.42. The van der Waals surface area contributed by atoms with Gasteiger partial charge in [0.15, 0.2) is 0 Å². The van der Waals surface area contributed by atoms with Gasteiger partial charge in [0.25, 0.3) is 0 Å². The molecular weight excluding hydrogens is 272 g/mol. The highest BCUT2D eigenvalue weighted by Crippen LogP contribution is 2.15. The number of carbonyl (C=O) groups excluding carboxylic acids is 1. The Bertz CT molecular complexity index is 271. The SMILES string of the molecule is CCCCCCCCC(C)C/C=C/CCCCCC(=O)OC. The van der Waals surface area contributed by atoms with Gasteiger partial charge >= 0.3 is 5.97 Å². The van der Waals surface area contributed by atoms with Gasteiger partial charge in [-0.05, 0) is 31.6 Å². The van der Waals surface area contributed by atoms with Gasteiger partial charge in [0.05, 0.1) is 7.11 Å². The molecule has 0 aromatic carbocycles. The lowest BCUT2D eigenvalue weighted by Crippen LogP contribution is -1.98. The van der Waals surface area contributed by atoms with Gasteiger partial charge in [0.2, 0.25) is 0 Å². The highest BCUT2D eigenvalue weighted by molar-refractivity contribution is 5.68. The molecule has 130 valence electrons. The number of allylic oxidation sites excluding steroid dienone is 2. The van der Waals surface area contributed by atoms with Crippen LogP contribution in [0.5, 0.6) is 0 Å². The number of hydrogen-bond donors (Lipinski definition) is 0. The van der Waals surface area contributed by atoms with Crippen LogP contribution in [0.15, 0.2) is 12.2 Å². The number of unbranched alkanes of at least 4 members (excludes halogenated alkanes) is 8. The summed E-state index contributed by atoms with van der Waals surface area (Å²) < 4.78 is 4.63. The van der Waals surface area contributed by atoms with Crippen LogP contribution in [0.4, 0.5) is 0 Å². The molecule has 0 amide bonds. The van der Waals surface area contributed by atoms with E-state index in [1.807, 2.05) is 0 Å². The zero-order valence-electron chi connectivity index (χ0n) is 15.2. The fourth-order valence-corrected chi connectivity index (χ4v) is 2.65. The van der Waals surface area contributed by atoms with Gasteiger partial charge in [0.1, 0.15) is 0 Å². The molecule has 2 heteroatoms. The first kappa shape index (κ1) is 21.2. The largest absolute Gasteiger partial charge is 0.469 e. The Morgan fingerprint density at radius 2 is 1.64 bits per heavy atom. The van der Waals surface area contributed by atoms with Gasteiger partial charge in [-0.15, -0.1) is 0 Å². The highest BCUT2D eigenvalue weighted by Gasteiger charge is 2.00. The van der Waals surface area contributed by atoms with E-state index in [9.17, 15) is 4.79 Å². The first-order chi connectivity index (χ1) is 10.7. The summed E-state index contributed by atoms with van der Waals surface area (Å²) in [5, 5.41) is 0. The average Bonchev–Trinajstić information content (AvgIpc) is 2.52. The third-order valence-corrected chi connectivity index (χ3v) is 4.23. The Hall–Kier alpha value is -0.790. The summed E-state index contributed by atoms with van der Waals surface area (Å²) in [5.41, 5.74) is 0. The number of carbonyl (C=O) groups is 1. The number of esters is 1. The molecular formula is C20H38O2. The quantitative estimate of drug-likeness (QED) is 0.197. The molecule has 2 nitrogen and oxygen atoms in total. The van der Waals surface area contributed by atoms with E-state index in [1.165, 1.54) is 64.9 Å². The highest BCUT2D eigenvalue weighted by atomic mass is 16.5. The minimum Gasteiger partial charge on any atom is -0.469 e. The van der Waals surface area contributed by atoms with Crippen molar-refractivity contribution in [2.45, 2.75) is 97.3 Å². The lowest BCUT2D eigenvalue weighted by Gasteiger charge is -2.08. The molecule has 0 aliphatic rings. The van der Waals surface area contributed by atoms with Gasteiger partial charge in [-0.3, -0.25) is 4.79 Å². The summed E-state index contributed by atoms with van der Waals surface area (Å²) >= 11 is 0. The molecule has 0 aromatic rings. The van der Waals surface area contributed by atoms with Crippen LogP contribution in [-0.2, 0) is 9.53 Å². The predicted molar refractivity (Wildman–Crippen MR) is 96.0 cm³/mol. The van der Waals surface area contributed by atoms with Crippen LogP contribution in [0.1, 0.15) is 97.3 Å². The summed E-state index contributed by atoms with van der Waals surface area (Å²) in [6, 6.07) is 0. The zero-order chi connectivity index (χ0) is 16.5. The Kier molecular flexibility index (Phi) is 16.0. The van der Waals surface area contributed by atoms with Gasteiger partial charge < -0.3 is 4.74 Å². The molecule has 0 N–H and O–H groups in total. The van der Waals surface area contributed by atoms with E-state index in [0.29, 0.717) is 6.42 Å². The molecule has 0 heterocycles. The van der Waals surface area contributed by atoms with Crippen molar-refractivity contribution >= 4 is 5.97 Å². The average molecular weight is 311 g/mol. The van der Waals surface area contributed by atoms with E-state index in [-0.39, 0.29) is 5.97 Å². The number of methoxy groups -OCH3 is 1. The molecule has 0 aliphatic heterocycles. The second-order valence-corrected chi connectivity index (χ2v) is 6.54. The first-order valence-corrected chi connectivity index (χ1v) is 9.42. The molecule has 0 aromatic heterocycles. The topological polar surface area (TPSA) is 26.3 Å². The van der Waals surface area contributed by atoms with Crippen molar-refractivity contribution in [1.29, 1.82) is 0 Å². The van der Waals surface area contributed by atoms with Crippen molar-refractivity contribution < 1.29 is 9.53 Å². The predicted octanol–water partition coefficient (Wildman–Crippen LogP) is 6.44. The summed E-state index contributed by atoms with van der Waals surface area (Å²) in [4.78, 5) is 10.9. The molecule has 0 fully saturated rings. The van der Waals surface area contributed by atoms with Crippen molar-refractivity contribution in [3.05, 3.63) is 12.2 Å². The number of ether oxygens (including phenoxy) is 1. The Morgan fingerprint density at radius 1 is 0.955 bits per heavy atom. The van der Waals surface area contributed by atoms with E-state index >= 15 is 0 Å². The molecule has 22 heavy (non-hydrogen) atoms. The maximum absolute atomic E-state index is 10.9. The molecule has 0 spiro atoms. The zero-order valence-corrected chi connectivity index (χ0v) is 15.2. The lowest BCUT2D eigenvalue weighted by atomic mass is 9.98. The van der Waals surface area contributed by atoms with E-state index in [4.69, 9.17) is 0 Å². The molecule has 0 saturated carbocycles. The van der Waals surface area contributed by atoms with Crippen molar-refractivity contribution in [2.24, 2.45) is 5.92 Å². The maximum atomic E-state index is 10.9. The van der Waals surface area contributed by atoms with Crippen LogP contribution < -0.4 is 0 Å². The smallest absolute Gasteiger partial charge is 0.305 e. The molecule has 0 rings (SSSR count). The maximum Gasteiger partial charge on any atom is 0.305 e. The fraction of sp³-hybridized carbons (Fsp3) is 0.850. The standard InChI is InChI=1S/C20H38O2/c1-4-5-6-7-10-13-16-19(2)17-14-11-8-9-12-15-18-20(21)22-3/h11,14,19H,4-10,12-13,15-18H2,1-3H3/b14-11+. The Labute approximate surface area is 138 Å². The van der Waals surface area contributed by atoms with Crippen molar-refractivity contribution in [2.75, 3.05) is 7.11 Å². The van der Waals surface area contributed by atoms with Crippen molar-refractivity contribution in [3.63, 3.8) is 0 Å². The van der Waals surface area contributed by atoms with Crippen LogP contribution >= 0.6 is 0 Å². The molecule has 0 aliphatic carbocycles. The molecule has 1 unspecified atom stereocenters. The van der Waals surface area contributed by atoms with Crippen LogP contribution in [0.25, 0.3) is 0 Å². The van der Waals surface area contributed by atoms with Crippen LogP contribution in [0.2, 0.25) is 0 Å². The van der Waals surface area contributed by atoms with Crippen molar-refractivity contribution in [1.82, 2.24) is 0 Å². The summed E-state index contributed by atoms with van der Waals surface area (Å²) in [5.74, 6) is 0.737. The normalized spacial score (nSPS) is 12.7. The third kappa shape index (κ3) is 15.6. The van der Waals surface area contributed by atoms with Gasteiger partial charge in [0, 0.05) is 6.42 Å². The Balaban J connectivity index is 3.31. The monoisotopic (exact) mass is 310 g/mol. The minimum atomic E-state index is -0.0842. The van der Waals surface area contributed by atoms with Crippen LogP contribution in [0, 0.1) is 5.92 Å². The number of hydrogen-bond acceptors (Lipinski definition) is 2. The van der Waals surface area contributed by atoms with Gasteiger partial charge in [-0.1, -0.05) is 77.4 Å². The third-order valence-electron chi connectivity index (χ3n) is 4.23. The minimum absolute atomic E-state index is 0.0842. The summed E-state index contributed by atoms with van der Waals surface area (Å²) in [6.45, 7) is 4.64. The van der Waals surface area contributed by atoms with Gasteiger partial charge in [-0.2, -0.15) is 0 Å². The molecule has 1 atom stereocenters. The van der Waals surface area contributed by atoms with Gasteiger partial charge in [-0.25, -0.2) is 0 Å². The van der Waals surface area contributed by atoms with E-state index in [0.717, 1.165) is 25.2 Å². The van der Waals surface area contributed by atoms with E-state index in [1.54, 1.807) is 0 Å².